The molecule has 0 spiro atoms. The van der Waals surface area contributed by atoms with E-state index in [-0.39, 0.29) is 23.1 Å². The maximum atomic E-state index is 12.4. The van der Waals surface area contributed by atoms with Gasteiger partial charge >= 0.3 is 0 Å². The van der Waals surface area contributed by atoms with Crippen molar-refractivity contribution in [2.75, 3.05) is 0 Å². The molecule has 0 aromatic carbocycles. The average molecular weight is 378 g/mol. The predicted octanol–water partition coefficient (Wildman–Crippen LogP) is 3.29. The summed E-state index contributed by atoms with van der Waals surface area (Å²) in [5, 5.41) is 5.68. The lowest BCUT2D eigenvalue weighted by molar-refractivity contribution is 0.0926. The van der Waals surface area contributed by atoms with Crippen LogP contribution in [-0.2, 0) is 7.05 Å². The van der Waals surface area contributed by atoms with E-state index in [1.807, 2.05) is 25.6 Å². The lowest BCUT2D eigenvalue weighted by Gasteiger charge is -2.28. The second-order valence-corrected chi connectivity index (χ2v) is 8.98. The van der Waals surface area contributed by atoms with Crippen LogP contribution in [0.25, 0.3) is 0 Å². The normalized spacial score (nSPS) is 20.4. The van der Waals surface area contributed by atoms with Crippen LogP contribution in [0.15, 0.2) is 26.6 Å². The number of aromatic nitrogens is 2. The predicted molar refractivity (Wildman–Crippen MR) is 103 cm³/mol. The van der Waals surface area contributed by atoms with Crippen LogP contribution in [0.2, 0.25) is 0 Å². The molecule has 1 amide bonds. The van der Waals surface area contributed by atoms with Gasteiger partial charge in [-0.3, -0.25) is 9.59 Å². The number of thioether (sulfide) groups is 1. The first-order valence-corrected chi connectivity index (χ1v) is 10.3. The van der Waals surface area contributed by atoms with Gasteiger partial charge in [0.05, 0.1) is 0 Å². The Morgan fingerprint density at radius 3 is 2.64 bits per heavy atom. The van der Waals surface area contributed by atoms with Crippen molar-refractivity contribution in [1.82, 2.24) is 14.9 Å². The van der Waals surface area contributed by atoms with E-state index < -0.39 is 0 Å². The third-order valence-electron chi connectivity index (χ3n) is 4.67. The summed E-state index contributed by atoms with van der Waals surface area (Å²) in [6.07, 6.45) is 4.00. The minimum Gasteiger partial charge on any atom is -0.349 e. The first kappa shape index (κ1) is 18.2. The quantitative estimate of drug-likeness (QED) is 0.888. The number of pyridine rings is 1. The summed E-state index contributed by atoms with van der Waals surface area (Å²) >= 11 is 3.55. The van der Waals surface area contributed by atoms with Gasteiger partial charge in [-0.2, -0.15) is 0 Å². The molecule has 0 bridgehead atoms. The van der Waals surface area contributed by atoms with E-state index in [0.29, 0.717) is 5.25 Å². The van der Waals surface area contributed by atoms with Crippen LogP contribution in [0.4, 0.5) is 0 Å². The summed E-state index contributed by atoms with van der Waals surface area (Å²) < 4.78 is 2.64. The van der Waals surface area contributed by atoms with Crippen molar-refractivity contribution in [3.63, 3.8) is 0 Å². The highest BCUT2D eigenvalue weighted by atomic mass is 32.2. The number of rotatable bonds is 4. The highest BCUT2D eigenvalue weighted by Gasteiger charge is 2.25. The Morgan fingerprint density at radius 2 is 2.00 bits per heavy atom. The fraction of sp³-hybridized carbons (Fsp3) is 0.500. The molecule has 5 nitrogen and oxygen atoms in total. The summed E-state index contributed by atoms with van der Waals surface area (Å²) in [7, 11) is 1.69. The van der Waals surface area contributed by atoms with Crippen molar-refractivity contribution < 1.29 is 4.79 Å². The van der Waals surface area contributed by atoms with Crippen LogP contribution in [0.3, 0.4) is 0 Å². The molecule has 2 aromatic rings. The fourth-order valence-corrected chi connectivity index (χ4v) is 5.30. The number of carbonyl (C=O) groups excluding carboxylic acids is 1. The van der Waals surface area contributed by atoms with Gasteiger partial charge in [-0.25, -0.2) is 4.98 Å². The SMILES string of the molecule is Cc1csc(SC2CCC(NC(=O)c3ccc(C)n(C)c3=O)CC2)n1. The molecule has 0 radical (unpaired) electrons. The molecule has 1 aliphatic rings. The molecular formula is C18H23N3O2S2. The molecule has 1 fully saturated rings. The smallest absolute Gasteiger partial charge is 0.263 e. The zero-order valence-corrected chi connectivity index (χ0v) is 16.4. The van der Waals surface area contributed by atoms with E-state index in [1.165, 1.54) is 4.57 Å². The van der Waals surface area contributed by atoms with Crippen molar-refractivity contribution >= 4 is 29.0 Å². The lowest BCUT2D eigenvalue weighted by Crippen LogP contribution is -2.41. The first-order chi connectivity index (χ1) is 11.9. The summed E-state index contributed by atoms with van der Waals surface area (Å²) in [4.78, 5) is 29.2. The number of thiazole rings is 1. The maximum absolute atomic E-state index is 12.4. The Labute approximate surface area is 155 Å². The van der Waals surface area contributed by atoms with Crippen LogP contribution in [0, 0.1) is 13.8 Å². The minimum atomic E-state index is -0.257. The Bertz CT molecular complexity index is 820. The average Bonchev–Trinajstić information content (AvgIpc) is 2.99. The van der Waals surface area contributed by atoms with E-state index in [1.54, 1.807) is 30.5 Å². The maximum Gasteiger partial charge on any atom is 0.263 e. The molecule has 2 aromatic heterocycles. The summed E-state index contributed by atoms with van der Waals surface area (Å²) in [5.74, 6) is -0.257. The monoisotopic (exact) mass is 377 g/mol. The highest BCUT2D eigenvalue weighted by Crippen LogP contribution is 2.35. The van der Waals surface area contributed by atoms with Gasteiger partial charge < -0.3 is 9.88 Å². The zero-order chi connectivity index (χ0) is 18.0. The second-order valence-electron chi connectivity index (χ2n) is 6.57. The van der Waals surface area contributed by atoms with Gasteiger partial charge in [-0.15, -0.1) is 11.3 Å². The molecule has 7 heteroatoms. The van der Waals surface area contributed by atoms with Crippen molar-refractivity contribution in [3.05, 3.63) is 44.8 Å². The molecule has 134 valence electrons. The first-order valence-electron chi connectivity index (χ1n) is 8.50. The summed E-state index contributed by atoms with van der Waals surface area (Å²) in [5.41, 5.74) is 1.91. The molecule has 1 saturated carbocycles. The van der Waals surface area contributed by atoms with E-state index in [9.17, 15) is 9.59 Å². The summed E-state index contributed by atoms with van der Waals surface area (Å²) in [6, 6.07) is 3.58. The number of nitrogens with one attached hydrogen (secondary N) is 1. The van der Waals surface area contributed by atoms with Gasteiger partial charge in [0.25, 0.3) is 11.5 Å². The van der Waals surface area contributed by atoms with Crippen LogP contribution in [-0.4, -0.2) is 26.8 Å². The fourth-order valence-electron chi connectivity index (χ4n) is 3.02. The topological polar surface area (TPSA) is 64.0 Å². The number of hydrogen-bond acceptors (Lipinski definition) is 5. The number of hydrogen-bond donors (Lipinski definition) is 1. The highest BCUT2D eigenvalue weighted by molar-refractivity contribution is 8.01. The summed E-state index contributed by atoms with van der Waals surface area (Å²) in [6.45, 7) is 3.87. The van der Waals surface area contributed by atoms with Crippen molar-refractivity contribution in [2.45, 2.75) is 55.2 Å². The van der Waals surface area contributed by atoms with E-state index in [2.05, 4.69) is 15.7 Å². The molecule has 1 aliphatic carbocycles. The number of amides is 1. The third-order valence-corrected chi connectivity index (χ3v) is 7.10. The van der Waals surface area contributed by atoms with Gasteiger partial charge in [0, 0.05) is 35.1 Å². The van der Waals surface area contributed by atoms with Crippen LogP contribution >= 0.6 is 23.1 Å². The number of carbonyl (C=O) groups is 1. The van der Waals surface area contributed by atoms with Gasteiger partial charge in [0.2, 0.25) is 0 Å². The molecule has 2 heterocycles. The van der Waals surface area contributed by atoms with Crippen LogP contribution in [0.1, 0.15) is 47.4 Å². The molecule has 0 aliphatic heterocycles. The van der Waals surface area contributed by atoms with Gasteiger partial charge in [-0.1, -0.05) is 11.8 Å². The van der Waals surface area contributed by atoms with Crippen LogP contribution < -0.4 is 10.9 Å². The van der Waals surface area contributed by atoms with Gasteiger partial charge in [-0.05, 0) is 51.7 Å². The molecule has 0 saturated heterocycles. The molecule has 0 unspecified atom stereocenters. The molecular weight excluding hydrogens is 354 g/mol. The lowest BCUT2D eigenvalue weighted by atomic mass is 9.95. The van der Waals surface area contributed by atoms with Gasteiger partial charge in [0.1, 0.15) is 9.90 Å². The standard InChI is InChI=1S/C18H23N3O2S2/c1-11-10-24-18(19-11)25-14-7-5-13(6-8-14)20-16(22)15-9-4-12(2)21(3)17(15)23/h4,9-10,13-14H,5-8H2,1-3H3,(H,20,22). The molecule has 1 N–H and O–H groups in total. The van der Waals surface area contributed by atoms with Crippen molar-refractivity contribution in [3.8, 4) is 0 Å². The van der Waals surface area contributed by atoms with Crippen molar-refractivity contribution in [1.29, 1.82) is 0 Å². The number of nitrogens with zero attached hydrogens (tertiary/aromatic N) is 2. The van der Waals surface area contributed by atoms with Gasteiger partial charge in [0.15, 0.2) is 0 Å². The Morgan fingerprint density at radius 1 is 1.28 bits per heavy atom. The number of aryl methyl sites for hydroxylation is 2. The Hall–Kier alpha value is -1.60. The largest absolute Gasteiger partial charge is 0.349 e. The minimum absolute atomic E-state index is 0.147. The van der Waals surface area contributed by atoms with Crippen molar-refractivity contribution in [2.24, 2.45) is 7.05 Å². The molecule has 3 rings (SSSR count). The Balaban J connectivity index is 1.54. The second kappa shape index (κ2) is 7.74. The third kappa shape index (κ3) is 4.33. The molecule has 25 heavy (non-hydrogen) atoms. The molecule has 0 atom stereocenters. The van der Waals surface area contributed by atoms with Crippen LogP contribution in [0.5, 0.6) is 0 Å². The zero-order valence-electron chi connectivity index (χ0n) is 14.7. The van der Waals surface area contributed by atoms with E-state index in [0.717, 1.165) is 41.4 Å². The Kier molecular flexibility index (Phi) is 5.64. The van der Waals surface area contributed by atoms with E-state index in [4.69, 9.17) is 0 Å². The van der Waals surface area contributed by atoms with E-state index >= 15 is 0 Å².